The normalized spacial score (nSPS) is 11.0. The number of benzene rings is 1. The van der Waals surface area contributed by atoms with Gasteiger partial charge in [-0.2, -0.15) is 18.6 Å². The van der Waals surface area contributed by atoms with Crippen LogP contribution in [0.15, 0.2) is 18.2 Å². The second-order valence-corrected chi connectivity index (χ2v) is 8.00. The molecule has 16 heavy (non-hydrogen) atoms. The quantitative estimate of drug-likeness (QED) is 0.517. The molecule has 1 rings (SSSR count). The zero-order valence-electron chi connectivity index (χ0n) is 10.9. The summed E-state index contributed by atoms with van der Waals surface area (Å²) in [6, 6.07) is 6.46. The Bertz CT molecular complexity index is 303. The third-order valence-electron chi connectivity index (χ3n) is 2.69. The van der Waals surface area contributed by atoms with Gasteiger partial charge in [-0.05, 0) is 11.3 Å². The Kier molecular flexibility index (Phi) is 6.87. The van der Waals surface area contributed by atoms with Gasteiger partial charge in [0.05, 0.1) is 0 Å². The Morgan fingerprint density at radius 3 is 1.94 bits per heavy atom. The average Bonchev–Trinajstić information content (AvgIpc) is 2.09. The fraction of sp³-hybridized carbons (Fsp3) is 0.500. The maximum atomic E-state index is 4.18. The SMILES string of the molecule is [CH2-]c1cccc(C)c1P(C(C)C)C(C)C.[Ir]. The summed E-state index contributed by atoms with van der Waals surface area (Å²) in [5.74, 6) is 0. The Morgan fingerprint density at radius 2 is 1.56 bits per heavy atom. The fourth-order valence-electron chi connectivity index (χ4n) is 2.20. The molecule has 0 N–H and O–H groups in total. The van der Waals surface area contributed by atoms with E-state index in [4.69, 9.17) is 0 Å². The van der Waals surface area contributed by atoms with Gasteiger partial charge in [-0.3, -0.25) is 0 Å². The summed E-state index contributed by atoms with van der Waals surface area (Å²) in [7, 11) is -0.0779. The fourth-order valence-corrected chi connectivity index (χ4v) is 5.32. The summed E-state index contributed by atoms with van der Waals surface area (Å²) >= 11 is 0. The number of rotatable bonds is 3. The van der Waals surface area contributed by atoms with Crippen LogP contribution in [0.3, 0.4) is 0 Å². The molecule has 0 nitrogen and oxygen atoms in total. The smallest absolute Gasteiger partial charge is 0 e. The van der Waals surface area contributed by atoms with E-state index in [1.54, 1.807) is 0 Å². The molecular weight excluding hydrogens is 391 g/mol. The van der Waals surface area contributed by atoms with Gasteiger partial charge in [-0.15, -0.1) is 19.3 Å². The third-order valence-corrected chi connectivity index (χ3v) is 6.07. The first-order chi connectivity index (χ1) is 6.95. The molecule has 1 aromatic carbocycles. The van der Waals surface area contributed by atoms with E-state index in [1.165, 1.54) is 16.4 Å². The largest absolute Gasteiger partial charge is 0.198 e. The van der Waals surface area contributed by atoms with E-state index in [0.29, 0.717) is 0 Å². The van der Waals surface area contributed by atoms with E-state index in [2.05, 4.69) is 59.7 Å². The molecular formula is C14H22IrP-. The van der Waals surface area contributed by atoms with Gasteiger partial charge in [0.15, 0.2) is 0 Å². The molecule has 0 atom stereocenters. The minimum absolute atomic E-state index is 0. The van der Waals surface area contributed by atoms with Gasteiger partial charge >= 0.3 is 0 Å². The van der Waals surface area contributed by atoms with Crippen LogP contribution in [-0.4, -0.2) is 11.3 Å². The van der Waals surface area contributed by atoms with Crippen LogP contribution in [0.2, 0.25) is 0 Å². The van der Waals surface area contributed by atoms with E-state index in [1.807, 2.05) is 0 Å². The molecule has 0 saturated carbocycles. The number of hydrogen-bond acceptors (Lipinski definition) is 0. The predicted molar refractivity (Wildman–Crippen MR) is 72.5 cm³/mol. The zero-order chi connectivity index (χ0) is 11.6. The van der Waals surface area contributed by atoms with Crippen molar-refractivity contribution in [1.29, 1.82) is 0 Å². The molecule has 1 aromatic rings. The van der Waals surface area contributed by atoms with Gasteiger partial charge in [-0.25, -0.2) is 0 Å². The van der Waals surface area contributed by atoms with Gasteiger partial charge in [0, 0.05) is 20.1 Å². The summed E-state index contributed by atoms with van der Waals surface area (Å²) in [5.41, 5.74) is 4.11. The van der Waals surface area contributed by atoms with Crippen molar-refractivity contribution in [3.8, 4) is 0 Å². The van der Waals surface area contributed by atoms with E-state index >= 15 is 0 Å². The minimum atomic E-state index is -0.0779. The van der Waals surface area contributed by atoms with Crippen LogP contribution in [0.4, 0.5) is 0 Å². The van der Waals surface area contributed by atoms with Crippen LogP contribution in [0, 0.1) is 13.8 Å². The molecule has 0 aliphatic heterocycles. The molecule has 0 aliphatic carbocycles. The van der Waals surface area contributed by atoms with E-state index in [9.17, 15) is 0 Å². The second-order valence-electron chi connectivity index (χ2n) is 4.68. The average molecular weight is 414 g/mol. The van der Waals surface area contributed by atoms with Crippen LogP contribution in [0.25, 0.3) is 0 Å². The Labute approximate surface area is 115 Å². The molecule has 93 valence electrons. The first-order valence-electron chi connectivity index (χ1n) is 5.65. The van der Waals surface area contributed by atoms with Crippen LogP contribution >= 0.6 is 7.92 Å². The number of aryl methyl sites for hydroxylation is 1. The molecule has 0 aromatic heterocycles. The van der Waals surface area contributed by atoms with Crippen molar-refractivity contribution in [2.24, 2.45) is 0 Å². The summed E-state index contributed by atoms with van der Waals surface area (Å²) in [5, 5.41) is 1.53. The molecule has 0 amide bonds. The van der Waals surface area contributed by atoms with Gasteiger partial charge in [0.25, 0.3) is 0 Å². The number of hydrogen-bond donors (Lipinski definition) is 0. The van der Waals surface area contributed by atoms with Crippen molar-refractivity contribution in [2.45, 2.75) is 45.9 Å². The Balaban J connectivity index is 0.00000225. The maximum Gasteiger partial charge on any atom is 0 e. The molecule has 0 unspecified atom stereocenters. The Hall–Kier alpha value is 0.169. The monoisotopic (exact) mass is 414 g/mol. The minimum Gasteiger partial charge on any atom is -0.198 e. The summed E-state index contributed by atoms with van der Waals surface area (Å²) in [6.45, 7) is 15.7. The standard InChI is InChI=1S/C14H22P.Ir/c1-10(2)15(11(3)4)14-12(5)8-7-9-13(14)6;/h7-11H,5H2,1-4,6H3;/q-1;. The molecule has 0 spiro atoms. The Morgan fingerprint density at radius 1 is 1.06 bits per heavy atom. The van der Waals surface area contributed by atoms with Crippen molar-refractivity contribution in [2.75, 3.05) is 0 Å². The van der Waals surface area contributed by atoms with Crippen LogP contribution in [0.1, 0.15) is 38.8 Å². The van der Waals surface area contributed by atoms with E-state index < -0.39 is 0 Å². The summed E-state index contributed by atoms with van der Waals surface area (Å²) in [4.78, 5) is 0. The van der Waals surface area contributed by atoms with E-state index in [-0.39, 0.29) is 28.0 Å². The molecule has 2 heteroatoms. The van der Waals surface area contributed by atoms with Crippen molar-refractivity contribution in [3.63, 3.8) is 0 Å². The van der Waals surface area contributed by atoms with Crippen molar-refractivity contribution in [3.05, 3.63) is 36.2 Å². The molecule has 0 bridgehead atoms. The van der Waals surface area contributed by atoms with Crippen molar-refractivity contribution < 1.29 is 20.1 Å². The van der Waals surface area contributed by atoms with Gasteiger partial charge in [-0.1, -0.05) is 46.2 Å². The first-order valence-corrected chi connectivity index (χ1v) is 7.13. The predicted octanol–water partition coefficient (Wildman–Crippen LogP) is 4.10. The second kappa shape index (κ2) is 6.80. The van der Waals surface area contributed by atoms with Crippen molar-refractivity contribution in [1.82, 2.24) is 0 Å². The van der Waals surface area contributed by atoms with Gasteiger partial charge in [0.2, 0.25) is 0 Å². The summed E-state index contributed by atoms with van der Waals surface area (Å²) in [6.07, 6.45) is 0. The first kappa shape index (κ1) is 16.2. The topological polar surface area (TPSA) is 0 Å². The van der Waals surface area contributed by atoms with Gasteiger partial charge in [0.1, 0.15) is 0 Å². The van der Waals surface area contributed by atoms with Crippen LogP contribution < -0.4 is 5.30 Å². The molecule has 0 fully saturated rings. The van der Waals surface area contributed by atoms with Crippen molar-refractivity contribution >= 4 is 13.2 Å². The summed E-state index contributed by atoms with van der Waals surface area (Å²) < 4.78 is 0. The molecule has 1 radical (unpaired) electrons. The molecule has 0 heterocycles. The van der Waals surface area contributed by atoms with Crippen LogP contribution in [-0.2, 0) is 20.1 Å². The van der Waals surface area contributed by atoms with Gasteiger partial charge < -0.3 is 0 Å². The maximum absolute atomic E-state index is 4.18. The van der Waals surface area contributed by atoms with E-state index in [0.717, 1.165) is 11.3 Å². The van der Waals surface area contributed by atoms with Crippen LogP contribution in [0.5, 0.6) is 0 Å². The zero-order valence-corrected chi connectivity index (χ0v) is 14.2. The third kappa shape index (κ3) is 3.59. The molecule has 0 aliphatic rings. The molecule has 0 saturated heterocycles.